The molecule has 0 rings (SSSR count). The molecule has 5 heteroatoms. The molecule has 20 heavy (non-hydrogen) atoms. The maximum absolute atomic E-state index is 11.5. The molecular formula is C15H29NO3Si. The quantitative estimate of drug-likeness (QED) is 0.312. The SMILES string of the molecule is C=C[C@@H](CC=CC(=O)N(C)OC)O[Si](C)(C)C(C)(C)C. The molecule has 0 fully saturated rings. The number of likely N-dealkylation sites (N-methyl/N-ethyl adjacent to an activating group) is 1. The minimum atomic E-state index is -1.82. The van der Waals surface area contributed by atoms with Gasteiger partial charge in [0.25, 0.3) is 5.91 Å². The van der Waals surface area contributed by atoms with Crippen LogP contribution in [-0.2, 0) is 14.1 Å². The molecule has 0 aliphatic heterocycles. The highest BCUT2D eigenvalue weighted by Gasteiger charge is 2.38. The van der Waals surface area contributed by atoms with Gasteiger partial charge in [0.2, 0.25) is 0 Å². The first-order valence-corrected chi connectivity index (χ1v) is 9.74. The average molecular weight is 299 g/mol. The smallest absolute Gasteiger partial charge is 0.269 e. The van der Waals surface area contributed by atoms with Crippen molar-refractivity contribution in [1.29, 1.82) is 0 Å². The Hall–Kier alpha value is -0.913. The van der Waals surface area contributed by atoms with E-state index in [-0.39, 0.29) is 17.0 Å². The summed E-state index contributed by atoms with van der Waals surface area (Å²) in [4.78, 5) is 16.4. The van der Waals surface area contributed by atoms with Crippen LogP contribution in [0.3, 0.4) is 0 Å². The summed E-state index contributed by atoms with van der Waals surface area (Å²) in [7, 11) is 1.21. The summed E-state index contributed by atoms with van der Waals surface area (Å²) >= 11 is 0. The van der Waals surface area contributed by atoms with E-state index in [9.17, 15) is 4.79 Å². The van der Waals surface area contributed by atoms with Crippen LogP contribution in [0, 0.1) is 0 Å². The van der Waals surface area contributed by atoms with Crippen molar-refractivity contribution in [2.45, 2.75) is 51.4 Å². The minimum absolute atomic E-state index is 0.0622. The third-order valence-corrected chi connectivity index (χ3v) is 8.23. The number of carbonyl (C=O) groups excluding carboxylic acids is 1. The van der Waals surface area contributed by atoms with E-state index < -0.39 is 8.32 Å². The molecule has 0 N–H and O–H groups in total. The van der Waals surface area contributed by atoms with Gasteiger partial charge in [-0.05, 0) is 24.6 Å². The van der Waals surface area contributed by atoms with E-state index in [4.69, 9.17) is 9.26 Å². The Morgan fingerprint density at radius 2 is 1.95 bits per heavy atom. The molecule has 0 aromatic carbocycles. The fourth-order valence-corrected chi connectivity index (χ4v) is 2.55. The fourth-order valence-electron chi connectivity index (χ4n) is 1.25. The minimum Gasteiger partial charge on any atom is -0.410 e. The van der Waals surface area contributed by atoms with Crippen molar-refractivity contribution in [3.63, 3.8) is 0 Å². The molecule has 0 spiro atoms. The van der Waals surface area contributed by atoms with Gasteiger partial charge in [0.15, 0.2) is 8.32 Å². The Kier molecular flexibility index (Phi) is 7.41. The molecule has 4 nitrogen and oxygen atoms in total. The highest BCUT2D eigenvalue weighted by Crippen LogP contribution is 2.37. The van der Waals surface area contributed by atoms with Gasteiger partial charge in [-0.1, -0.05) is 32.9 Å². The second kappa shape index (κ2) is 7.76. The van der Waals surface area contributed by atoms with Crippen molar-refractivity contribution in [3.05, 3.63) is 24.8 Å². The zero-order valence-electron chi connectivity index (χ0n) is 13.9. The number of hydroxylamine groups is 2. The van der Waals surface area contributed by atoms with Crippen molar-refractivity contribution in [2.75, 3.05) is 14.2 Å². The Labute approximate surface area is 124 Å². The van der Waals surface area contributed by atoms with Crippen LogP contribution in [0.15, 0.2) is 24.8 Å². The molecule has 0 saturated heterocycles. The Morgan fingerprint density at radius 3 is 2.35 bits per heavy atom. The van der Waals surface area contributed by atoms with Crippen LogP contribution in [0.1, 0.15) is 27.2 Å². The predicted molar refractivity (Wildman–Crippen MR) is 85.8 cm³/mol. The lowest BCUT2D eigenvalue weighted by atomic mass is 10.2. The summed E-state index contributed by atoms with van der Waals surface area (Å²) in [6.45, 7) is 14.8. The van der Waals surface area contributed by atoms with E-state index >= 15 is 0 Å². The van der Waals surface area contributed by atoms with Crippen LogP contribution >= 0.6 is 0 Å². The largest absolute Gasteiger partial charge is 0.410 e. The van der Waals surface area contributed by atoms with E-state index in [2.05, 4.69) is 40.4 Å². The molecule has 0 aromatic heterocycles. The lowest BCUT2D eigenvalue weighted by molar-refractivity contribution is -0.162. The standard InChI is InChI=1S/C15H29NO3Si/c1-9-13(19-20(7,8)15(2,3)4)11-10-12-14(17)16(5)18-6/h9-10,12-13H,1,11H2,2-8H3/t13-/m0/s1. The number of hydrogen-bond acceptors (Lipinski definition) is 3. The maximum atomic E-state index is 11.5. The van der Waals surface area contributed by atoms with Crippen LogP contribution in [0.4, 0.5) is 0 Å². The molecule has 116 valence electrons. The van der Waals surface area contributed by atoms with E-state index in [0.717, 1.165) is 0 Å². The average Bonchev–Trinajstić information content (AvgIpc) is 2.34. The van der Waals surface area contributed by atoms with Gasteiger partial charge in [0, 0.05) is 13.1 Å². The molecule has 1 atom stereocenters. The molecule has 0 radical (unpaired) electrons. The van der Waals surface area contributed by atoms with Gasteiger partial charge in [-0.15, -0.1) is 6.58 Å². The van der Waals surface area contributed by atoms with Gasteiger partial charge in [-0.2, -0.15) is 0 Å². The molecule has 0 bridgehead atoms. The first-order chi connectivity index (χ1) is 9.05. The molecule has 0 unspecified atom stereocenters. The summed E-state index contributed by atoms with van der Waals surface area (Å²) in [5, 5.41) is 1.33. The van der Waals surface area contributed by atoms with Crippen LogP contribution in [-0.4, -0.2) is 39.5 Å². The first-order valence-electron chi connectivity index (χ1n) is 6.84. The summed E-state index contributed by atoms with van der Waals surface area (Å²) in [6, 6.07) is 0. The van der Waals surface area contributed by atoms with Gasteiger partial charge in [-0.3, -0.25) is 9.63 Å². The van der Waals surface area contributed by atoms with Gasteiger partial charge >= 0.3 is 0 Å². The van der Waals surface area contributed by atoms with Gasteiger partial charge in [0.1, 0.15) is 0 Å². The van der Waals surface area contributed by atoms with Crippen molar-refractivity contribution in [2.24, 2.45) is 0 Å². The van der Waals surface area contributed by atoms with Gasteiger partial charge in [0.05, 0.1) is 13.2 Å². The summed E-state index contributed by atoms with van der Waals surface area (Å²) in [5.41, 5.74) is 0. The van der Waals surface area contributed by atoms with Crippen molar-refractivity contribution in [3.8, 4) is 0 Å². The number of hydrogen-bond donors (Lipinski definition) is 0. The van der Waals surface area contributed by atoms with Crippen molar-refractivity contribution in [1.82, 2.24) is 5.06 Å². The Morgan fingerprint density at radius 1 is 1.40 bits per heavy atom. The molecule has 0 saturated carbocycles. The summed E-state index contributed by atoms with van der Waals surface area (Å²) in [5.74, 6) is -0.192. The van der Waals surface area contributed by atoms with Crippen LogP contribution in [0.25, 0.3) is 0 Å². The summed E-state index contributed by atoms with van der Waals surface area (Å²) in [6.07, 6.45) is 5.67. The second-order valence-electron chi connectivity index (χ2n) is 6.31. The Bertz CT molecular complexity index is 359. The highest BCUT2D eigenvalue weighted by molar-refractivity contribution is 6.74. The third-order valence-electron chi connectivity index (χ3n) is 3.73. The molecule has 0 heterocycles. The summed E-state index contributed by atoms with van der Waals surface area (Å²) < 4.78 is 6.23. The molecule has 0 aliphatic carbocycles. The van der Waals surface area contributed by atoms with E-state index in [1.54, 1.807) is 19.2 Å². The predicted octanol–water partition coefficient (Wildman–Crippen LogP) is 3.53. The first kappa shape index (κ1) is 19.1. The normalized spacial score (nSPS) is 14.3. The van der Waals surface area contributed by atoms with Gasteiger partial charge < -0.3 is 4.43 Å². The van der Waals surface area contributed by atoms with E-state index in [1.807, 2.05) is 0 Å². The molecule has 0 aliphatic rings. The van der Waals surface area contributed by atoms with Crippen LogP contribution in [0.5, 0.6) is 0 Å². The number of amides is 1. The fraction of sp³-hybridized carbons (Fsp3) is 0.667. The van der Waals surface area contributed by atoms with Crippen LogP contribution in [0.2, 0.25) is 18.1 Å². The second-order valence-corrected chi connectivity index (χ2v) is 11.1. The van der Waals surface area contributed by atoms with Crippen molar-refractivity contribution < 1.29 is 14.1 Å². The van der Waals surface area contributed by atoms with Crippen LogP contribution < -0.4 is 0 Å². The topological polar surface area (TPSA) is 38.8 Å². The zero-order chi connectivity index (χ0) is 16.0. The van der Waals surface area contributed by atoms with Crippen molar-refractivity contribution >= 4 is 14.2 Å². The third kappa shape index (κ3) is 6.03. The lowest BCUT2D eigenvalue weighted by Crippen LogP contribution is -2.43. The van der Waals surface area contributed by atoms with E-state index in [1.165, 1.54) is 18.2 Å². The maximum Gasteiger partial charge on any atom is 0.269 e. The molecular weight excluding hydrogens is 270 g/mol. The zero-order valence-corrected chi connectivity index (χ0v) is 14.9. The molecule has 0 aromatic rings. The number of carbonyl (C=O) groups is 1. The molecule has 1 amide bonds. The lowest BCUT2D eigenvalue weighted by Gasteiger charge is -2.38. The number of nitrogens with zero attached hydrogens (tertiary/aromatic N) is 1. The number of rotatable bonds is 7. The highest BCUT2D eigenvalue weighted by atomic mass is 28.4. The Balaban J connectivity index is 4.55. The monoisotopic (exact) mass is 299 g/mol. The van der Waals surface area contributed by atoms with E-state index in [0.29, 0.717) is 6.42 Å². The van der Waals surface area contributed by atoms with Gasteiger partial charge in [-0.25, -0.2) is 5.06 Å².